The third-order valence-electron chi connectivity index (χ3n) is 6.87. The third kappa shape index (κ3) is 5.13. The number of carbonyl (C=O) groups is 3. The highest BCUT2D eigenvalue weighted by Crippen LogP contribution is 2.23. The summed E-state index contributed by atoms with van der Waals surface area (Å²) in [5, 5.41) is 5.68. The first-order chi connectivity index (χ1) is 16.8. The van der Waals surface area contributed by atoms with E-state index in [2.05, 4.69) is 5.10 Å². The third-order valence-corrected chi connectivity index (χ3v) is 6.87. The Morgan fingerprint density at radius 3 is 2.57 bits per heavy atom. The maximum absolute atomic E-state index is 12.8. The van der Waals surface area contributed by atoms with Gasteiger partial charge in [-0.2, -0.15) is 5.10 Å². The van der Waals surface area contributed by atoms with E-state index in [0.717, 1.165) is 33.5 Å². The van der Waals surface area contributed by atoms with E-state index in [-0.39, 0.29) is 36.7 Å². The molecule has 0 radical (unpaired) electrons. The first-order valence-electron chi connectivity index (χ1n) is 12.2. The molecule has 1 saturated heterocycles. The number of amides is 2. The topological polar surface area (TPSA) is 97.1 Å². The van der Waals surface area contributed by atoms with Gasteiger partial charge in [0.2, 0.25) is 11.8 Å². The lowest BCUT2D eigenvalue weighted by molar-refractivity contribution is -0.151. The van der Waals surface area contributed by atoms with Gasteiger partial charge in [0.25, 0.3) is 0 Å². The van der Waals surface area contributed by atoms with Crippen LogP contribution in [0, 0.1) is 19.8 Å². The number of aryl methyl sites for hydroxylation is 2. The highest BCUT2D eigenvalue weighted by molar-refractivity contribution is 5.92. The number of ether oxygens (including phenoxy) is 1. The van der Waals surface area contributed by atoms with Gasteiger partial charge >= 0.3 is 5.97 Å². The molecule has 0 unspecified atom stereocenters. The monoisotopic (exact) mass is 479 g/mol. The number of nitrogens with zero attached hydrogens (tertiary/aromatic N) is 5. The average molecular weight is 480 g/mol. The number of esters is 1. The molecule has 3 heterocycles. The van der Waals surface area contributed by atoms with Crippen LogP contribution in [-0.2, 0) is 25.5 Å². The Kier molecular flexibility index (Phi) is 7.33. The Labute approximate surface area is 205 Å². The number of piperidine rings is 1. The number of fused-ring (bicyclic) bond motifs is 3. The van der Waals surface area contributed by atoms with Gasteiger partial charge in [0.05, 0.1) is 24.6 Å². The number of hydrogen-bond acceptors (Lipinski definition) is 6. The van der Waals surface area contributed by atoms with Crippen LogP contribution < -0.4 is 0 Å². The molecule has 0 atom stereocenters. The number of aromatic nitrogens is 3. The second-order valence-electron chi connectivity index (χ2n) is 9.17. The van der Waals surface area contributed by atoms with Gasteiger partial charge in [0, 0.05) is 43.3 Å². The zero-order valence-electron chi connectivity index (χ0n) is 20.9. The van der Waals surface area contributed by atoms with E-state index in [9.17, 15) is 14.4 Å². The number of carbonyl (C=O) groups excluding carboxylic acids is 3. The number of likely N-dealkylation sites (tertiary alicyclic amines) is 1. The summed E-state index contributed by atoms with van der Waals surface area (Å²) in [5.74, 6) is -0.525. The van der Waals surface area contributed by atoms with Crippen LogP contribution in [0.25, 0.3) is 16.6 Å². The predicted octanol–water partition coefficient (Wildman–Crippen LogP) is 2.69. The van der Waals surface area contributed by atoms with Crippen LogP contribution in [0.4, 0.5) is 0 Å². The van der Waals surface area contributed by atoms with E-state index >= 15 is 0 Å². The quantitative estimate of drug-likeness (QED) is 0.484. The average Bonchev–Trinajstić information content (AvgIpc) is 3.22. The summed E-state index contributed by atoms with van der Waals surface area (Å²) in [6.45, 7) is 7.16. The summed E-state index contributed by atoms with van der Waals surface area (Å²) in [6, 6.07) is 7.91. The number of benzene rings is 1. The maximum atomic E-state index is 12.8. The van der Waals surface area contributed by atoms with Crippen molar-refractivity contribution >= 4 is 34.3 Å². The van der Waals surface area contributed by atoms with E-state index < -0.39 is 0 Å². The smallest absolute Gasteiger partial charge is 0.309 e. The summed E-state index contributed by atoms with van der Waals surface area (Å²) in [4.78, 5) is 45.4. The number of hydrogen-bond donors (Lipinski definition) is 0. The van der Waals surface area contributed by atoms with Crippen molar-refractivity contribution in [1.82, 2.24) is 24.4 Å². The zero-order chi connectivity index (χ0) is 25.1. The van der Waals surface area contributed by atoms with Gasteiger partial charge in [-0.15, -0.1) is 0 Å². The van der Waals surface area contributed by atoms with Crippen molar-refractivity contribution in [1.29, 1.82) is 0 Å². The van der Waals surface area contributed by atoms with Crippen LogP contribution in [0.1, 0.15) is 43.1 Å². The zero-order valence-corrected chi connectivity index (χ0v) is 20.9. The van der Waals surface area contributed by atoms with Crippen LogP contribution in [0.3, 0.4) is 0 Å². The summed E-state index contributed by atoms with van der Waals surface area (Å²) < 4.78 is 6.94. The molecule has 0 aliphatic carbocycles. The molecule has 186 valence electrons. The Bertz CT molecular complexity index is 1260. The second kappa shape index (κ2) is 10.4. The summed E-state index contributed by atoms with van der Waals surface area (Å²) in [5.41, 5.74) is 4.57. The predicted molar refractivity (Wildman–Crippen MR) is 132 cm³/mol. The Hall–Kier alpha value is -3.49. The molecule has 4 rings (SSSR count). The fraction of sp³-hybridized carbons (Fsp3) is 0.500. The normalized spacial score (nSPS) is 14.5. The van der Waals surface area contributed by atoms with E-state index in [1.165, 1.54) is 4.90 Å². The summed E-state index contributed by atoms with van der Waals surface area (Å²) in [7, 11) is 1.66. The molecule has 3 aromatic rings. The van der Waals surface area contributed by atoms with Gasteiger partial charge in [-0.05, 0) is 57.7 Å². The minimum Gasteiger partial charge on any atom is -0.466 e. The highest BCUT2D eigenvalue weighted by atomic mass is 16.5. The molecule has 0 saturated carbocycles. The van der Waals surface area contributed by atoms with Crippen LogP contribution in [0.2, 0.25) is 0 Å². The van der Waals surface area contributed by atoms with Crippen molar-refractivity contribution < 1.29 is 19.1 Å². The molecule has 1 aliphatic rings. The highest BCUT2D eigenvalue weighted by Gasteiger charge is 2.29. The minimum atomic E-state index is -0.187. The van der Waals surface area contributed by atoms with E-state index in [0.29, 0.717) is 39.0 Å². The van der Waals surface area contributed by atoms with E-state index in [4.69, 9.17) is 9.72 Å². The molecule has 2 aromatic heterocycles. The number of likely N-dealkylation sites (N-methyl/N-ethyl adjacent to an activating group) is 1. The molecule has 1 aliphatic heterocycles. The van der Waals surface area contributed by atoms with Crippen LogP contribution in [0.5, 0.6) is 0 Å². The standard InChI is InChI=1S/C26H33N5O4/c1-5-35-26(34)19-12-14-30(15-13-19)24(33)16-29(4)23(32)11-10-20-17(2)27-25-21-8-6-7-9-22(21)28-31(25)18(20)3/h6-9,19H,5,10-16H2,1-4H3. The van der Waals surface area contributed by atoms with E-state index in [1.807, 2.05) is 42.6 Å². The van der Waals surface area contributed by atoms with Gasteiger partial charge in [0.15, 0.2) is 5.65 Å². The number of rotatable bonds is 7. The van der Waals surface area contributed by atoms with Gasteiger partial charge < -0.3 is 14.5 Å². The maximum Gasteiger partial charge on any atom is 0.309 e. The molecule has 1 fully saturated rings. The summed E-state index contributed by atoms with van der Waals surface area (Å²) in [6.07, 6.45) is 2.00. The van der Waals surface area contributed by atoms with Crippen LogP contribution in [0.15, 0.2) is 24.3 Å². The fourth-order valence-electron chi connectivity index (χ4n) is 4.78. The van der Waals surface area contributed by atoms with Gasteiger partial charge in [-0.25, -0.2) is 9.50 Å². The Morgan fingerprint density at radius 2 is 1.86 bits per heavy atom. The SMILES string of the molecule is CCOC(=O)C1CCN(C(=O)CN(C)C(=O)CCc2c(C)nc3c4ccccc4nn3c2C)CC1. The van der Waals surface area contributed by atoms with Crippen molar-refractivity contribution in [2.24, 2.45) is 5.92 Å². The lowest BCUT2D eigenvalue weighted by Gasteiger charge is -2.32. The molecule has 2 amide bonds. The van der Waals surface area contributed by atoms with Crippen LogP contribution in [-0.4, -0.2) is 75.5 Å². The molecule has 0 N–H and O–H groups in total. The lowest BCUT2D eigenvalue weighted by Crippen LogP contribution is -2.45. The largest absolute Gasteiger partial charge is 0.466 e. The molecule has 1 aromatic carbocycles. The Morgan fingerprint density at radius 1 is 1.14 bits per heavy atom. The molecule has 0 spiro atoms. The van der Waals surface area contributed by atoms with Crippen molar-refractivity contribution in [2.45, 2.75) is 46.5 Å². The van der Waals surface area contributed by atoms with Gasteiger partial charge in [0.1, 0.15) is 0 Å². The molecule has 9 nitrogen and oxygen atoms in total. The van der Waals surface area contributed by atoms with Gasteiger partial charge in [-0.3, -0.25) is 14.4 Å². The van der Waals surface area contributed by atoms with Crippen molar-refractivity contribution in [3.05, 3.63) is 41.2 Å². The molecule has 0 bridgehead atoms. The fourth-order valence-corrected chi connectivity index (χ4v) is 4.78. The van der Waals surface area contributed by atoms with Crippen LogP contribution >= 0.6 is 0 Å². The molecule has 9 heteroatoms. The first kappa shape index (κ1) is 24.6. The molecule has 35 heavy (non-hydrogen) atoms. The van der Waals surface area contributed by atoms with Crippen molar-refractivity contribution in [2.75, 3.05) is 33.3 Å². The second-order valence-corrected chi connectivity index (χ2v) is 9.17. The lowest BCUT2D eigenvalue weighted by atomic mass is 9.97. The Balaban J connectivity index is 1.34. The summed E-state index contributed by atoms with van der Waals surface area (Å²) >= 11 is 0. The van der Waals surface area contributed by atoms with E-state index in [1.54, 1.807) is 18.9 Å². The minimum absolute atomic E-state index is 0.0305. The molecular weight excluding hydrogens is 446 g/mol. The first-order valence-corrected chi connectivity index (χ1v) is 12.2. The van der Waals surface area contributed by atoms with Crippen molar-refractivity contribution in [3.63, 3.8) is 0 Å². The molecular formula is C26H33N5O4. The van der Waals surface area contributed by atoms with Crippen molar-refractivity contribution in [3.8, 4) is 0 Å². The van der Waals surface area contributed by atoms with Gasteiger partial charge in [-0.1, -0.05) is 12.1 Å².